The van der Waals surface area contributed by atoms with Gasteiger partial charge in [-0.05, 0) is 71.2 Å². The highest BCUT2D eigenvalue weighted by Gasteiger charge is 2.17. The van der Waals surface area contributed by atoms with E-state index in [1.165, 1.54) is 12.8 Å². The van der Waals surface area contributed by atoms with E-state index in [1.807, 2.05) is 24.3 Å². The second-order valence-corrected chi connectivity index (χ2v) is 8.03. The standard InChI is InChI=1S/C24H22BrN3O2/c25-21-12-3-1-10-19(21)23(29)27-22-13-4-2-11-20(22)24(30)26-17-8-7-9-18(16-17)28-14-5-6-15-28/h1-4,7-13,16H,5-6,14-15H2,(H,26,30)(H,27,29). The van der Waals surface area contributed by atoms with Crippen molar-refractivity contribution in [2.24, 2.45) is 0 Å². The van der Waals surface area contributed by atoms with Crippen molar-refractivity contribution in [2.45, 2.75) is 12.8 Å². The monoisotopic (exact) mass is 463 g/mol. The number of hydrogen-bond donors (Lipinski definition) is 2. The number of carbonyl (C=O) groups excluding carboxylic acids is 2. The van der Waals surface area contributed by atoms with Crippen LogP contribution in [0.4, 0.5) is 17.1 Å². The van der Waals surface area contributed by atoms with Gasteiger partial charge in [-0.3, -0.25) is 9.59 Å². The molecule has 0 aliphatic carbocycles. The molecule has 3 aromatic rings. The second kappa shape index (κ2) is 9.13. The van der Waals surface area contributed by atoms with Gasteiger partial charge in [0.1, 0.15) is 0 Å². The third-order valence-electron chi connectivity index (χ3n) is 5.11. The van der Waals surface area contributed by atoms with E-state index in [0.29, 0.717) is 21.3 Å². The summed E-state index contributed by atoms with van der Waals surface area (Å²) in [6, 6.07) is 22.1. The van der Waals surface area contributed by atoms with Gasteiger partial charge in [0.05, 0.1) is 16.8 Å². The number of nitrogens with zero attached hydrogens (tertiary/aromatic N) is 1. The summed E-state index contributed by atoms with van der Waals surface area (Å²) < 4.78 is 0.697. The van der Waals surface area contributed by atoms with Gasteiger partial charge in [0.15, 0.2) is 0 Å². The Bertz CT molecular complexity index is 1080. The van der Waals surface area contributed by atoms with Gasteiger partial charge in [0.2, 0.25) is 0 Å². The molecule has 4 rings (SSSR count). The lowest BCUT2D eigenvalue weighted by atomic mass is 10.1. The summed E-state index contributed by atoms with van der Waals surface area (Å²) in [6.45, 7) is 2.09. The van der Waals surface area contributed by atoms with Crippen LogP contribution in [-0.2, 0) is 0 Å². The number of nitrogens with one attached hydrogen (secondary N) is 2. The van der Waals surface area contributed by atoms with E-state index in [0.717, 1.165) is 24.5 Å². The Kier molecular flexibility index (Phi) is 6.14. The molecule has 1 fully saturated rings. The molecule has 0 radical (unpaired) electrons. The maximum atomic E-state index is 13.0. The molecule has 5 nitrogen and oxygen atoms in total. The fraction of sp³-hybridized carbons (Fsp3) is 0.167. The normalized spacial score (nSPS) is 13.2. The van der Waals surface area contributed by atoms with Gasteiger partial charge in [0, 0.05) is 28.9 Å². The molecule has 0 aromatic heterocycles. The molecule has 1 aliphatic heterocycles. The molecule has 1 aliphatic rings. The van der Waals surface area contributed by atoms with Crippen LogP contribution in [0.5, 0.6) is 0 Å². The van der Waals surface area contributed by atoms with Crippen LogP contribution in [0.3, 0.4) is 0 Å². The highest BCUT2D eigenvalue weighted by molar-refractivity contribution is 9.10. The summed E-state index contributed by atoms with van der Waals surface area (Å²) in [5.74, 6) is -0.546. The molecule has 152 valence electrons. The first-order chi connectivity index (χ1) is 14.6. The van der Waals surface area contributed by atoms with Crippen LogP contribution in [0, 0.1) is 0 Å². The van der Waals surface area contributed by atoms with Crippen molar-refractivity contribution in [1.29, 1.82) is 0 Å². The van der Waals surface area contributed by atoms with Gasteiger partial charge in [-0.1, -0.05) is 30.3 Å². The molecule has 0 bridgehead atoms. The molecule has 0 spiro atoms. The number of benzene rings is 3. The minimum Gasteiger partial charge on any atom is -0.371 e. The first-order valence-corrected chi connectivity index (χ1v) is 10.7. The number of anilines is 3. The maximum Gasteiger partial charge on any atom is 0.257 e. The molecule has 0 atom stereocenters. The largest absolute Gasteiger partial charge is 0.371 e. The zero-order chi connectivity index (χ0) is 20.9. The van der Waals surface area contributed by atoms with Crippen LogP contribution >= 0.6 is 15.9 Å². The Morgan fingerprint density at radius 2 is 1.43 bits per heavy atom. The molecule has 3 aromatic carbocycles. The van der Waals surface area contributed by atoms with Crippen LogP contribution in [0.15, 0.2) is 77.3 Å². The lowest BCUT2D eigenvalue weighted by Crippen LogP contribution is -2.19. The van der Waals surface area contributed by atoms with E-state index >= 15 is 0 Å². The van der Waals surface area contributed by atoms with E-state index in [1.54, 1.807) is 42.5 Å². The maximum absolute atomic E-state index is 13.0. The number of rotatable bonds is 5. The Morgan fingerprint density at radius 1 is 0.767 bits per heavy atom. The van der Waals surface area contributed by atoms with Gasteiger partial charge in [-0.25, -0.2) is 0 Å². The SMILES string of the molecule is O=C(Nc1ccccc1C(=O)Nc1cccc(N2CCCC2)c1)c1ccccc1Br. The fourth-order valence-corrected chi connectivity index (χ4v) is 4.04. The fourth-order valence-electron chi connectivity index (χ4n) is 3.58. The first kappa shape index (κ1) is 20.2. The summed E-state index contributed by atoms with van der Waals surface area (Å²) in [5.41, 5.74) is 3.22. The lowest BCUT2D eigenvalue weighted by molar-refractivity contribution is 0.102. The van der Waals surface area contributed by atoms with E-state index in [-0.39, 0.29) is 11.8 Å². The molecule has 0 unspecified atom stereocenters. The van der Waals surface area contributed by atoms with Gasteiger partial charge < -0.3 is 15.5 Å². The average Bonchev–Trinajstić information content (AvgIpc) is 3.29. The molecule has 2 N–H and O–H groups in total. The molecule has 0 saturated carbocycles. The van der Waals surface area contributed by atoms with Crippen molar-refractivity contribution >= 4 is 44.8 Å². The molecule has 6 heteroatoms. The molecular formula is C24H22BrN3O2. The number of amides is 2. The minimum absolute atomic E-state index is 0.267. The lowest BCUT2D eigenvalue weighted by Gasteiger charge is -2.18. The Hall–Kier alpha value is -3.12. The van der Waals surface area contributed by atoms with E-state index in [9.17, 15) is 9.59 Å². The Morgan fingerprint density at radius 3 is 2.20 bits per heavy atom. The van der Waals surface area contributed by atoms with Crippen molar-refractivity contribution in [3.05, 3.63) is 88.4 Å². The van der Waals surface area contributed by atoms with Crippen molar-refractivity contribution in [1.82, 2.24) is 0 Å². The van der Waals surface area contributed by atoms with Gasteiger partial charge in [0.25, 0.3) is 11.8 Å². The van der Waals surface area contributed by atoms with Crippen LogP contribution in [-0.4, -0.2) is 24.9 Å². The summed E-state index contributed by atoms with van der Waals surface area (Å²) in [7, 11) is 0. The second-order valence-electron chi connectivity index (χ2n) is 7.18. The van der Waals surface area contributed by atoms with Crippen LogP contribution in [0.2, 0.25) is 0 Å². The predicted octanol–water partition coefficient (Wildman–Crippen LogP) is 5.55. The molecule has 1 saturated heterocycles. The minimum atomic E-state index is -0.279. The van der Waals surface area contributed by atoms with Gasteiger partial charge in [-0.15, -0.1) is 0 Å². The third kappa shape index (κ3) is 4.54. The van der Waals surface area contributed by atoms with Gasteiger partial charge in [-0.2, -0.15) is 0 Å². The Labute approximate surface area is 184 Å². The van der Waals surface area contributed by atoms with Crippen LogP contribution < -0.4 is 15.5 Å². The molecular weight excluding hydrogens is 442 g/mol. The van der Waals surface area contributed by atoms with Crippen LogP contribution in [0.1, 0.15) is 33.6 Å². The molecule has 2 amide bonds. The zero-order valence-corrected chi connectivity index (χ0v) is 18.0. The first-order valence-electron chi connectivity index (χ1n) is 9.93. The van der Waals surface area contributed by atoms with Crippen molar-refractivity contribution < 1.29 is 9.59 Å². The number of hydrogen-bond acceptors (Lipinski definition) is 3. The van der Waals surface area contributed by atoms with E-state index < -0.39 is 0 Å². The summed E-state index contributed by atoms with van der Waals surface area (Å²) in [4.78, 5) is 28.0. The Balaban J connectivity index is 1.52. The quantitative estimate of drug-likeness (QED) is 0.520. The topological polar surface area (TPSA) is 61.4 Å². The van der Waals surface area contributed by atoms with Gasteiger partial charge >= 0.3 is 0 Å². The summed E-state index contributed by atoms with van der Waals surface area (Å²) in [6.07, 6.45) is 2.39. The van der Waals surface area contributed by atoms with Crippen molar-refractivity contribution in [2.75, 3.05) is 28.6 Å². The van der Waals surface area contributed by atoms with Crippen molar-refractivity contribution in [3.63, 3.8) is 0 Å². The number of carbonyl (C=O) groups is 2. The molecule has 1 heterocycles. The number of para-hydroxylation sites is 1. The zero-order valence-electron chi connectivity index (χ0n) is 16.4. The number of halogens is 1. The smallest absolute Gasteiger partial charge is 0.257 e. The molecule has 30 heavy (non-hydrogen) atoms. The summed E-state index contributed by atoms with van der Waals surface area (Å²) in [5, 5.41) is 5.81. The highest BCUT2D eigenvalue weighted by Crippen LogP contribution is 2.25. The third-order valence-corrected chi connectivity index (χ3v) is 5.81. The highest BCUT2D eigenvalue weighted by atomic mass is 79.9. The van der Waals surface area contributed by atoms with E-state index in [4.69, 9.17) is 0 Å². The van der Waals surface area contributed by atoms with Crippen molar-refractivity contribution in [3.8, 4) is 0 Å². The average molecular weight is 464 g/mol. The van der Waals surface area contributed by atoms with Crippen LogP contribution in [0.25, 0.3) is 0 Å². The summed E-state index contributed by atoms with van der Waals surface area (Å²) >= 11 is 3.39. The predicted molar refractivity (Wildman–Crippen MR) is 124 cm³/mol. The van der Waals surface area contributed by atoms with E-state index in [2.05, 4.69) is 37.5 Å².